The number of aromatic nitrogens is 2. The first-order chi connectivity index (χ1) is 12.5. The van der Waals surface area contributed by atoms with Gasteiger partial charge in [-0.15, -0.1) is 0 Å². The Morgan fingerprint density at radius 3 is 2.54 bits per heavy atom. The number of carbonyl (C=O) groups excluding carboxylic acids is 1. The van der Waals surface area contributed by atoms with Gasteiger partial charge in [0.25, 0.3) is 0 Å². The standard InChI is InChI=1S/C20H20N2O4/c1-4-24-20(23)14(3)25-15-6-8-16(9-7-15)26-19-12-21-18-11-13(2)5-10-17(18)22-19/h5-12,14H,4H2,1-3H3/t14-/m1/s1. The first kappa shape index (κ1) is 17.7. The summed E-state index contributed by atoms with van der Waals surface area (Å²) in [7, 11) is 0. The summed E-state index contributed by atoms with van der Waals surface area (Å²) in [6, 6.07) is 12.8. The van der Waals surface area contributed by atoms with Gasteiger partial charge in [0, 0.05) is 0 Å². The number of fused-ring (bicyclic) bond motifs is 1. The Bertz CT molecular complexity index is 909. The fraction of sp³-hybridized carbons (Fsp3) is 0.250. The quantitative estimate of drug-likeness (QED) is 0.623. The summed E-state index contributed by atoms with van der Waals surface area (Å²) in [6.07, 6.45) is 0.922. The van der Waals surface area contributed by atoms with Crippen molar-refractivity contribution >= 4 is 17.0 Å². The summed E-state index contributed by atoms with van der Waals surface area (Å²) >= 11 is 0. The van der Waals surface area contributed by atoms with Crippen LogP contribution in [0.25, 0.3) is 11.0 Å². The third kappa shape index (κ3) is 4.27. The van der Waals surface area contributed by atoms with E-state index in [0.29, 0.717) is 24.0 Å². The average Bonchev–Trinajstić information content (AvgIpc) is 2.63. The van der Waals surface area contributed by atoms with E-state index in [1.807, 2.05) is 25.1 Å². The van der Waals surface area contributed by atoms with Gasteiger partial charge in [0.1, 0.15) is 11.5 Å². The molecule has 0 bridgehead atoms. The Hall–Kier alpha value is -3.15. The molecule has 0 saturated heterocycles. The molecular formula is C20H20N2O4. The van der Waals surface area contributed by atoms with Gasteiger partial charge in [-0.05, 0) is 62.7 Å². The maximum Gasteiger partial charge on any atom is 0.347 e. The number of hydrogen-bond donors (Lipinski definition) is 0. The van der Waals surface area contributed by atoms with Crippen LogP contribution in [-0.2, 0) is 9.53 Å². The van der Waals surface area contributed by atoms with Crippen LogP contribution in [0.15, 0.2) is 48.7 Å². The van der Waals surface area contributed by atoms with Gasteiger partial charge in [0.05, 0.1) is 23.8 Å². The van der Waals surface area contributed by atoms with Gasteiger partial charge in [-0.1, -0.05) is 6.07 Å². The molecule has 0 amide bonds. The average molecular weight is 352 g/mol. The molecule has 6 heteroatoms. The Morgan fingerprint density at radius 2 is 1.81 bits per heavy atom. The Labute approximate surface area is 151 Å². The van der Waals surface area contributed by atoms with E-state index in [9.17, 15) is 4.79 Å². The van der Waals surface area contributed by atoms with Crippen molar-refractivity contribution in [3.05, 3.63) is 54.2 Å². The first-order valence-electron chi connectivity index (χ1n) is 8.40. The van der Waals surface area contributed by atoms with Crippen LogP contribution in [-0.4, -0.2) is 28.6 Å². The van der Waals surface area contributed by atoms with E-state index in [0.717, 1.165) is 16.6 Å². The first-order valence-corrected chi connectivity index (χ1v) is 8.40. The van der Waals surface area contributed by atoms with Gasteiger partial charge in [0.2, 0.25) is 5.88 Å². The fourth-order valence-electron chi connectivity index (χ4n) is 2.37. The molecule has 2 aromatic carbocycles. The van der Waals surface area contributed by atoms with Crippen molar-refractivity contribution in [2.45, 2.75) is 26.9 Å². The normalized spacial score (nSPS) is 11.8. The SMILES string of the molecule is CCOC(=O)[C@@H](C)Oc1ccc(Oc2cnc3cc(C)ccc3n2)cc1. The number of aryl methyl sites for hydroxylation is 1. The van der Waals surface area contributed by atoms with Crippen molar-refractivity contribution in [1.29, 1.82) is 0 Å². The van der Waals surface area contributed by atoms with E-state index in [4.69, 9.17) is 14.2 Å². The number of hydrogen-bond acceptors (Lipinski definition) is 6. The van der Waals surface area contributed by atoms with E-state index in [1.165, 1.54) is 0 Å². The van der Waals surface area contributed by atoms with Crippen molar-refractivity contribution in [2.24, 2.45) is 0 Å². The predicted octanol–water partition coefficient (Wildman–Crippen LogP) is 4.06. The highest BCUT2D eigenvalue weighted by atomic mass is 16.6. The molecule has 0 spiro atoms. The number of ether oxygens (including phenoxy) is 3. The number of benzene rings is 2. The van der Waals surface area contributed by atoms with E-state index in [1.54, 1.807) is 44.3 Å². The van der Waals surface area contributed by atoms with Crippen molar-refractivity contribution in [3.8, 4) is 17.4 Å². The molecule has 0 aliphatic carbocycles. The van der Waals surface area contributed by atoms with Gasteiger partial charge in [0.15, 0.2) is 6.10 Å². The smallest absolute Gasteiger partial charge is 0.347 e. The van der Waals surface area contributed by atoms with Gasteiger partial charge < -0.3 is 14.2 Å². The Balaban J connectivity index is 1.67. The van der Waals surface area contributed by atoms with E-state index < -0.39 is 12.1 Å². The molecule has 0 saturated carbocycles. The summed E-state index contributed by atoms with van der Waals surface area (Å²) < 4.78 is 16.2. The molecule has 0 radical (unpaired) electrons. The largest absolute Gasteiger partial charge is 0.479 e. The molecule has 3 aromatic rings. The molecular weight excluding hydrogens is 332 g/mol. The van der Waals surface area contributed by atoms with Gasteiger partial charge in [-0.3, -0.25) is 0 Å². The minimum absolute atomic E-state index is 0.325. The highest BCUT2D eigenvalue weighted by Gasteiger charge is 2.15. The van der Waals surface area contributed by atoms with Crippen LogP contribution < -0.4 is 9.47 Å². The maximum atomic E-state index is 11.6. The van der Waals surface area contributed by atoms with Crippen molar-refractivity contribution in [3.63, 3.8) is 0 Å². The van der Waals surface area contributed by atoms with Crippen LogP contribution in [0.2, 0.25) is 0 Å². The highest BCUT2D eigenvalue weighted by molar-refractivity contribution is 5.75. The number of rotatable bonds is 6. The summed E-state index contributed by atoms with van der Waals surface area (Å²) in [6.45, 7) is 5.74. The second kappa shape index (κ2) is 7.82. The molecule has 0 unspecified atom stereocenters. The molecule has 6 nitrogen and oxygen atoms in total. The van der Waals surface area contributed by atoms with Crippen LogP contribution in [0.4, 0.5) is 0 Å². The minimum Gasteiger partial charge on any atom is -0.479 e. The Morgan fingerprint density at radius 1 is 1.08 bits per heavy atom. The zero-order valence-electron chi connectivity index (χ0n) is 14.9. The molecule has 1 atom stereocenters. The fourth-order valence-corrected chi connectivity index (χ4v) is 2.37. The molecule has 3 rings (SSSR count). The number of carbonyl (C=O) groups is 1. The highest BCUT2D eigenvalue weighted by Crippen LogP contribution is 2.24. The second-order valence-electron chi connectivity index (χ2n) is 5.79. The molecule has 0 fully saturated rings. The van der Waals surface area contributed by atoms with Crippen LogP contribution in [0.3, 0.4) is 0 Å². The van der Waals surface area contributed by atoms with Crippen LogP contribution in [0.1, 0.15) is 19.4 Å². The lowest BCUT2D eigenvalue weighted by molar-refractivity contribution is -0.150. The van der Waals surface area contributed by atoms with Crippen LogP contribution >= 0.6 is 0 Å². The molecule has 0 aliphatic heterocycles. The van der Waals surface area contributed by atoms with E-state index >= 15 is 0 Å². The zero-order valence-corrected chi connectivity index (χ0v) is 14.9. The van der Waals surface area contributed by atoms with Crippen LogP contribution in [0, 0.1) is 6.92 Å². The van der Waals surface area contributed by atoms with E-state index in [2.05, 4.69) is 9.97 Å². The van der Waals surface area contributed by atoms with Crippen LogP contribution in [0.5, 0.6) is 17.4 Å². The molecule has 0 N–H and O–H groups in total. The second-order valence-corrected chi connectivity index (χ2v) is 5.79. The zero-order chi connectivity index (χ0) is 18.5. The monoisotopic (exact) mass is 352 g/mol. The lowest BCUT2D eigenvalue weighted by atomic mass is 10.2. The third-order valence-electron chi connectivity index (χ3n) is 3.65. The summed E-state index contributed by atoms with van der Waals surface area (Å²) in [4.78, 5) is 20.4. The summed E-state index contributed by atoms with van der Waals surface area (Å²) in [5, 5.41) is 0. The molecule has 1 aromatic heterocycles. The third-order valence-corrected chi connectivity index (χ3v) is 3.65. The van der Waals surface area contributed by atoms with Gasteiger partial charge >= 0.3 is 5.97 Å². The van der Waals surface area contributed by atoms with Crippen molar-refractivity contribution < 1.29 is 19.0 Å². The minimum atomic E-state index is -0.670. The van der Waals surface area contributed by atoms with Gasteiger partial charge in [-0.25, -0.2) is 14.8 Å². The summed E-state index contributed by atoms with van der Waals surface area (Å²) in [5.74, 6) is 1.17. The number of nitrogens with zero attached hydrogens (tertiary/aromatic N) is 2. The van der Waals surface area contributed by atoms with Crippen molar-refractivity contribution in [1.82, 2.24) is 9.97 Å². The summed E-state index contributed by atoms with van der Waals surface area (Å²) in [5.41, 5.74) is 2.73. The predicted molar refractivity (Wildman–Crippen MR) is 97.5 cm³/mol. The molecule has 134 valence electrons. The van der Waals surface area contributed by atoms with E-state index in [-0.39, 0.29) is 0 Å². The lowest BCUT2D eigenvalue weighted by Gasteiger charge is -2.13. The van der Waals surface area contributed by atoms with Crippen molar-refractivity contribution in [2.75, 3.05) is 6.61 Å². The van der Waals surface area contributed by atoms with Gasteiger partial charge in [-0.2, -0.15) is 0 Å². The number of esters is 1. The topological polar surface area (TPSA) is 70.5 Å². The molecule has 26 heavy (non-hydrogen) atoms. The lowest BCUT2D eigenvalue weighted by Crippen LogP contribution is -2.25. The molecule has 0 aliphatic rings. The Kier molecular flexibility index (Phi) is 5.31. The molecule has 1 heterocycles. The maximum absolute atomic E-state index is 11.6.